The van der Waals surface area contributed by atoms with E-state index in [0.717, 1.165) is 25.9 Å². The van der Waals surface area contributed by atoms with Gasteiger partial charge in [-0.15, -0.1) is 0 Å². The van der Waals surface area contributed by atoms with Crippen LogP contribution in [0.3, 0.4) is 0 Å². The standard InChI is InChI=1S/C15H23N3O2/c1-17-8-4-5-11(10-17)18(2)15(19)13-7-6-12(20-3)9-14(13)16/h6-7,9,11H,4-5,8,10,16H2,1-3H3. The summed E-state index contributed by atoms with van der Waals surface area (Å²) < 4.78 is 5.11. The average Bonchev–Trinajstić information content (AvgIpc) is 2.45. The van der Waals surface area contributed by atoms with Gasteiger partial charge in [0.2, 0.25) is 0 Å². The normalized spacial score (nSPS) is 19.6. The Morgan fingerprint density at radius 1 is 1.50 bits per heavy atom. The number of likely N-dealkylation sites (N-methyl/N-ethyl adjacent to an activating group) is 2. The van der Waals surface area contributed by atoms with Crippen LogP contribution in [0.2, 0.25) is 0 Å². The van der Waals surface area contributed by atoms with Crippen molar-refractivity contribution in [2.24, 2.45) is 0 Å². The maximum Gasteiger partial charge on any atom is 0.255 e. The lowest BCUT2D eigenvalue weighted by molar-refractivity contribution is 0.0645. The fourth-order valence-corrected chi connectivity index (χ4v) is 2.67. The van der Waals surface area contributed by atoms with Gasteiger partial charge < -0.3 is 20.3 Å². The molecular weight excluding hydrogens is 254 g/mol. The van der Waals surface area contributed by atoms with E-state index in [1.807, 2.05) is 11.9 Å². The SMILES string of the molecule is COc1ccc(C(=O)N(C)C2CCCN(C)C2)c(N)c1. The highest BCUT2D eigenvalue weighted by atomic mass is 16.5. The Kier molecular flexibility index (Phi) is 4.49. The lowest BCUT2D eigenvalue weighted by atomic mass is 10.0. The lowest BCUT2D eigenvalue weighted by Gasteiger charge is -2.36. The third kappa shape index (κ3) is 3.04. The maximum absolute atomic E-state index is 12.6. The molecule has 0 radical (unpaired) electrons. The van der Waals surface area contributed by atoms with Crippen LogP contribution in [0.25, 0.3) is 0 Å². The number of carbonyl (C=O) groups is 1. The van der Waals surface area contributed by atoms with Crippen molar-refractivity contribution in [2.45, 2.75) is 18.9 Å². The molecule has 5 nitrogen and oxygen atoms in total. The molecule has 0 spiro atoms. The lowest BCUT2D eigenvalue weighted by Crippen LogP contribution is -2.47. The summed E-state index contributed by atoms with van der Waals surface area (Å²) in [5.41, 5.74) is 6.96. The molecule has 1 saturated heterocycles. The van der Waals surface area contributed by atoms with E-state index in [9.17, 15) is 4.79 Å². The smallest absolute Gasteiger partial charge is 0.255 e. The zero-order valence-corrected chi connectivity index (χ0v) is 12.4. The molecule has 1 atom stereocenters. The Bertz CT molecular complexity index is 490. The first kappa shape index (κ1) is 14.7. The minimum absolute atomic E-state index is 0.0227. The zero-order chi connectivity index (χ0) is 14.7. The number of methoxy groups -OCH3 is 1. The highest BCUT2D eigenvalue weighted by Gasteiger charge is 2.26. The molecular formula is C15H23N3O2. The van der Waals surface area contributed by atoms with Crippen LogP contribution in [0.15, 0.2) is 18.2 Å². The molecule has 1 aromatic rings. The second-order valence-electron chi connectivity index (χ2n) is 5.43. The number of piperidine rings is 1. The molecule has 20 heavy (non-hydrogen) atoms. The Morgan fingerprint density at radius 3 is 2.85 bits per heavy atom. The number of ether oxygens (including phenoxy) is 1. The molecule has 0 saturated carbocycles. The van der Waals surface area contributed by atoms with E-state index in [4.69, 9.17) is 10.5 Å². The first-order valence-corrected chi connectivity index (χ1v) is 6.92. The van der Waals surface area contributed by atoms with Crippen molar-refractivity contribution < 1.29 is 9.53 Å². The number of nitrogen functional groups attached to an aromatic ring is 1. The van der Waals surface area contributed by atoms with Crippen molar-refractivity contribution in [2.75, 3.05) is 40.0 Å². The van der Waals surface area contributed by atoms with E-state index in [1.165, 1.54) is 0 Å². The molecule has 2 rings (SSSR count). The molecule has 0 aliphatic carbocycles. The van der Waals surface area contributed by atoms with Gasteiger partial charge in [0.15, 0.2) is 0 Å². The molecule has 1 unspecified atom stereocenters. The van der Waals surface area contributed by atoms with Gasteiger partial charge in [0, 0.05) is 31.4 Å². The fourth-order valence-electron chi connectivity index (χ4n) is 2.67. The maximum atomic E-state index is 12.6. The second kappa shape index (κ2) is 6.13. The van der Waals surface area contributed by atoms with Gasteiger partial charge in [-0.05, 0) is 38.6 Å². The van der Waals surface area contributed by atoms with Gasteiger partial charge in [-0.2, -0.15) is 0 Å². The van der Waals surface area contributed by atoms with E-state index in [1.54, 1.807) is 25.3 Å². The molecule has 0 bridgehead atoms. The molecule has 1 fully saturated rings. The number of nitrogens with two attached hydrogens (primary N) is 1. The predicted molar refractivity (Wildman–Crippen MR) is 80.0 cm³/mol. The van der Waals surface area contributed by atoms with Crippen LogP contribution in [0.4, 0.5) is 5.69 Å². The van der Waals surface area contributed by atoms with Crippen molar-refractivity contribution >= 4 is 11.6 Å². The minimum atomic E-state index is -0.0227. The third-order valence-electron chi connectivity index (χ3n) is 3.96. The fraction of sp³-hybridized carbons (Fsp3) is 0.533. The summed E-state index contributed by atoms with van der Waals surface area (Å²) in [6, 6.07) is 5.45. The van der Waals surface area contributed by atoms with Gasteiger partial charge in [-0.25, -0.2) is 0 Å². The number of benzene rings is 1. The van der Waals surface area contributed by atoms with Gasteiger partial charge in [0.25, 0.3) is 5.91 Å². The monoisotopic (exact) mass is 277 g/mol. The second-order valence-corrected chi connectivity index (χ2v) is 5.43. The van der Waals surface area contributed by atoms with Crippen LogP contribution in [0.1, 0.15) is 23.2 Å². The number of likely N-dealkylation sites (tertiary alicyclic amines) is 1. The van der Waals surface area contributed by atoms with Crippen molar-refractivity contribution in [3.05, 3.63) is 23.8 Å². The summed E-state index contributed by atoms with van der Waals surface area (Å²) in [4.78, 5) is 16.6. The van der Waals surface area contributed by atoms with E-state index < -0.39 is 0 Å². The predicted octanol–water partition coefficient (Wildman–Crippen LogP) is 1.44. The summed E-state index contributed by atoms with van der Waals surface area (Å²) >= 11 is 0. The minimum Gasteiger partial charge on any atom is -0.497 e. The number of carbonyl (C=O) groups excluding carboxylic acids is 1. The van der Waals surface area contributed by atoms with Crippen LogP contribution in [-0.2, 0) is 0 Å². The van der Waals surface area contributed by atoms with Crippen LogP contribution in [0.5, 0.6) is 5.75 Å². The van der Waals surface area contributed by atoms with Crippen LogP contribution >= 0.6 is 0 Å². The molecule has 1 aliphatic heterocycles. The summed E-state index contributed by atoms with van der Waals surface area (Å²) in [5.74, 6) is 0.643. The number of hydrogen-bond donors (Lipinski definition) is 1. The van der Waals surface area contributed by atoms with Crippen molar-refractivity contribution in [1.29, 1.82) is 0 Å². The third-order valence-corrected chi connectivity index (χ3v) is 3.96. The first-order valence-electron chi connectivity index (χ1n) is 6.92. The van der Waals surface area contributed by atoms with Crippen molar-refractivity contribution in [1.82, 2.24) is 9.80 Å². The number of anilines is 1. The largest absolute Gasteiger partial charge is 0.497 e. The Morgan fingerprint density at radius 2 is 2.25 bits per heavy atom. The van der Waals surface area contributed by atoms with Crippen LogP contribution in [-0.4, -0.2) is 56.0 Å². The zero-order valence-electron chi connectivity index (χ0n) is 12.4. The van der Waals surface area contributed by atoms with Gasteiger partial charge >= 0.3 is 0 Å². The van der Waals surface area contributed by atoms with E-state index in [2.05, 4.69) is 11.9 Å². The topological polar surface area (TPSA) is 58.8 Å². The van der Waals surface area contributed by atoms with Gasteiger partial charge in [-0.3, -0.25) is 4.79 Å². The van der Waals surface area contributed by atoms with Gasteiger partial charge in [-0.1, -0.05) is 0 Å². The highest BCUT2D eigenvalue weighted by molar-refractivity contribution is 5.99. The van der Waals surface area contributed by atoms with Crippen LogP contribution < -0.4 is 10.5 Å². The Hall–Kier alpha value is -1.75. The van der Waals surface area contributed by atoms with E-state index in [0.29, 0.717) is 17.0 Å². The van der Waals surface area contributed by atoms with Crippen LogP contribution in [0, 0.1) is 0 Å². The van der Waals surface area contributed by atoms with Gasteiger partial charge in [0.1, 0.15) is 5.75 Å². The summed E-state index contributed by atoms with van der Waals surface area (Å²) in [5, 5.41) is 0. The molecule has 1 aliphatic rings. The first-order chi connectivity index (χ1) is 9.52. The number of amides is 1. The molecule has 110 valence electrons. The Labute approximate surface area is 120 Å². The summed E-state index contributed by atoms with van der Waals surface area (Å²) in [6.45, 7) is 2.02. The summed E-state index contributed by atoms with van der Waals surface area (Å²) in [6.07, 6.45) is 2.17. The van der Waals surface area contributed by atoms with Crippen molar-refractivity contribution in [3.63, 3.8) is 0 Å². The molecule has 1 amide bonds. The molecule has 2 N–H and O–H groups in total. The molecule has 0 aromatic heterocycles. The number of hydrogen-bond acceptors (Lipinski definition) is 4. The Balaban J connectivity index is 2.13. The van der Waals surface area contributed by atoms with Crippen molar-refractivity contribution in [3.8, 4) is 5.75 Å². The highest BCUT2D eigenvalue weighted by Crippen LogP contribution is 2.23. The average molecular weight is 277 g/mol. The number of nitrogens with zero attached hydrogens (tertiary/aromatic N) is 2. The molecule has 5 heteroatoms. The quantitative estimate of drug-likeness (QED) is 0.849. The molecule has 1 heterocycles. The van der Waals surface area contributed by atoms with Gasteiger partial charge in [0.05, 0.1) is 12.7 Å². The summed E-state index contributed by atoms with van der Waals surface area (Å²) in [7, 11) is 5.53. The molecule has 1 aromatic carbocycles. The van der Waals surface area contributed by atoms with E-state index >= 15 is 0 Å². The van der Waals surface area contributed by atoms with E-state index in [-0.39, 0.29) is 11.9 Å². The number of rotatable bonds is 3.